The predicted molar refractivity (Wildman–Crippen MR) is 82.6 cm³/mol. The lowest BCUT2D eigenvalue weighted by Crippen LogP contribution is -2.11. The third kappa shape index (κ3) is 4.34. The SMILES string of the molecule is CCOC(=O)CC(=O)c1ccccc1/N=N/c1ccccc1. The van der Waals surface area contributed by atoms with E-state index in [4.69, 9.17) is 4.74 Å². The topological polar surface area (TPSA) is 68.1 Å². The zero-order valence-electron chi connectivity index (χ0n) is 12.2. The summed E-state index contributed by atoms with van der Waals surface area (Å²) in [5.74, 6) is -0.872. The van der Waals surface area contributed by atoms with Gasteiger partial charge in [0.15, 0.2) is 5.78 Å². The molecule has 112 valence electrons. The number of esters is 1. The van der Waals surface area contributed by atoms with Crippen LogP contribution in [0.2, 0.25) is 0 Å². The molecule has 0 aliphatic heterocycles. The Kier molecular flexibility index (Phi) is 5.54. The van der Waals surface area contributed by atoms with E-state index in [0.717, 1.165) is 0 Å². The normalized spacial score (nSPS) is 10.6. The van der Waals surface area contributed by atoms with Gasteiger partial charge in [0.25, 0.3) is 0 Å². The van der Waals surface area contributed by atoms with Gasteiger partial charge in [0.05, 0.1) is 18.0 Å². The van der Waals surface area contributed by atoms with Crippen molar-refractivity contribution >= 4 is 23.1 Å². The van der Waals surface area contributed by atoms with Crippen molar-refractivity contribution in [1.29, 1.82) is 0 Å². The maximum atomic E-state index is 12.2. The maximum Gasteiger partial charge on any atom is 0.313 e. The van der Waals surface area contributed by atoms with Gasteiger partial charge in [-0.25, -0.2) is 0 Å². The van der Waals surface area contributed by atoms with Crippen LogP contribution in [-0.4, -0.2) is 18.4 Å². The number of Topliss-reactive ketones (excluding diaryl/α,β-unsaturated/α-hetero) is 1. The Hall–Kier alpha value is -2.82. The van der Waals surface area contributed by atoms with Crippen molar-refractivity contribution in [3.05, 3.63) is 60.2 Å². The number of rotatable bonds is 6. The van der Waals surface area contributed by atoms with Crippen molar-refractivity contribution in [2.75, 3.05) is 6.61 Å². The van der Waals surface area contributed by atoms with Gasteiger partial charge in [-0.2, -0.15) is 5.11 Å². The molecule has 2 aromatic carbocycles. The van der Waals surface area contributed by atoms with Gasteiger partial charge in [-0.05, 0) is 31.2 Å². The number of hydrogen-bond donors (Lipinski definition) is 0. The lowest BCUT2D eigenvalue weighted by Gasteiger charge is -2.04. The molecule has 22 heavy (non-hydrogen) atoms. The number of nitrogens with zero attached hydrogens (tertiary/aromatic N) is 2. The summed E-state index contributed by atoms with van der Waals surface area (Å²) in [6.07, 6.45) is -0.300. The van der Waals surface area contributed by atoms with Crippen LogP contribution in [0.3, 0.4) is 0 Å². The van der Waals surface area contributed by atoms with Crippen LogP contribution in [0.4, 0.5) is 11.4 Å². The highest BCUT2D eigenvalue weighted by Gasteiger charge is 2.15. The fraction of sp³-hybridized carbons (Fsp3) is 0.176. The Morgan fingerprint density at radius 3 is 2.36 bits per heavy atom. The molecule has 0 amide bonds. The maximum absolute atomic E-state index is 12.2. The molecule has 0 radical (unpaired) electrons. The van der Waals surface area contributed by atoms with Crippen LogP contribution in [0.25, 0.3) is 0 Å². The second-order valence-corrected chi connectivity index (χ2v) is 4.46. The molecule has 0 spiro atoms. The first kappa shape index (κ1) is 15.6. The molecular formula is C17H16N2O3. The molecule has 0 aliphatic carbocycles. The van der Waals surface area contributed by atoms with Crippen molar-refractivity contribution in [3.8, 4) is 0 Å². The van der Waals surface area contributed by atoms with Crippen molar-refractivity contribution in [1.82, 2.24) is 0 Å². The third-order valence-corrected chi connectivity index (χ3v) is 2.84. The van der Waals surface area contributed by atoms with Gasteiger partial charge in [0.2, 0.25) is 0 Å². The quantitative estimate of drug-likeness (QED) is 0.346. The summed E-state index contributed by atoms with van der Waals surface area (Å²) in [5.41, 5.74) is 1.48. The van der Waals surface area contributed by atoms with Crippen LogP contribution < -0.4 is 0 Å². The fourth-order valence-electron chi connectivity index (χ4n) is 1.84. The monoisotopic (exact) mass is 296 g/mol. The van der Waals surface area contributed by atoms with Crippen molar-refractivity contribution in [2.45, 2.75) is 13.3 Å². The van der Waals surface area contributed by atoms with E-state index in [-0.39, 0.29) is 18.8 Å². The molecule has 5 heteroatoms. The molecule has 0 saturated heterocycles. The largest absolute Gasteiger partial charge is 0.466 e. The van der Waals surface area contributed by atoms with Gasteiger partial charge in [0, 0.05) is 5.56 Å². The molecule has 2 aromatic rings. The van der Waals surface area contributed by atoms with E-state index in [1.807, 2.05) is 30.3 Å². The Bertz CT molecular complexity index is 681. The second-order valence-electron chi connectivity index (χ2n) is 4.46. The van der Waals surface area contributed by atoms with Crippen LogP contribution in [0.5, 0.6) is 0 Å². The minimum absolute atomic E-state index is 0.251. The van der Waals surface area contributed by atoms with E-state index in [9.17, 15) is 9.59 Å². The fourth-order valence-corrected chi connectivity index (χ4v) is 1.84. The van der Waals surface area contributed by atoms with Crippen LogP contribution in [0, 0.1) is 0 Å². The molecule has 0 aromatic heterocycles. The summed E-state index contributed by atoms with van der Waals surface area (Å²) in [4.78, 5) is 23.6. The number of carbonyl (C=O) groups is 2. The molecular weight excluding hydrogens is 280 g/mol. The molecule has 0 N–H and O–H groups in total. The van der Waals surface area contributed by atoms with E-state index < -0.39 is 5.97 Å². The van der Waals surface area contributed by atoms with E-state index >= 15 is 0 Å². The molecule has 5 nitrogen and oxygen atoms in total. The number of carbonyl (C=O) groups excluding carboxylic acids is 2. The minimum Gasteiger partial charge on any atom is -0.466 e. The molecule has 0 fully saturated rings. The van der Waals surface area contributed by atoms with Gasteiger partial charge in [0.1, 0.15) is 6.42 Å². The Morgan fingerprint density at radius 2 is 1.64 bits per heavy atom. The lowest BCUT2D eigenvalue weighted by molar-refractivity contribution is -0.141. The van der Waals surface area contributed by atoms with Gasteiger partial charge >= 0.3 is 5.97 Å². The summed E-state index contributed by atoms with van der Waals surface area (Å²) in [6.45, 7) is 1.95. The molecule has 2 rings (SSSR count). The minimum atomic E-state index is -0.540. The number of azo groups is 1. The van der Waals surface area contributed by atoms with E-state index in [1.54, 1.807) is 31.2 Å². The Morgan fingerprint density at radius 1 is 0.955 bits per heavy atom. The van der Waals surface area contributed by atoms with Gasteiger partial charge in [-0.1, -0.05) is 30.3 Å². The highest BCUT2D eigenvalue weighted by Crippen LogP contribution is 2.23. The first-order valence-electron chi connectivity index (χ1n) is 6.95. The summed E-state index contributed by atoms with van der Waals surface area (Å²) < 4.78 is 4.79. The summed E-state index contributed by atoms with van der Waals surface area (Å²) >= 11 is 0. The van der Waals surface area contributed by atoms with Crippen LogP contribution >= 0.6 is 0 Å². The van der Waals surface area contributed by atoms with Crippen molar-refractivity contribution in [2.24, 2.45) is 10.2 Å². The van der Waals surface area contributed by atoms with Crippen molar-refractivity contribution in [3.63, 3.8) is 0 Å². The first-order chi connectivity index (χ1) is 10.7. The summed E-state index contributed by atoms with van der Waals surface area (Å²) in [6, 6.07) is 16.0. The summed E-state index contributed by atoms with van der Waals surface area (Å²) in [7, 11) is 0. The lowest BCUT2D eigenvalue weighted by atomic mass is 10.1. The molecule has 0 heterocycles. The van der Waals surface area contributed by atoms with Crippen LogP contribution in [0.15, 0.2) is 64.8 Å². The van der Waals surface area contributed by atoms with Gasteiger partial charge < -0.3 is 4.74 Å². The number of ketones is 1. The Balaban J connectivity index is 2.18. The zero-order valence-corrected chi connectivity index (χ0v) is 12.2. The van der Waals surface area contributed by atoms with Crippen LogP contribution in [-0.2, 0) is 9.53 Å². The Labute approximate surface area is 128 Å². The zero-order chi connectivity index (χ0) is 15.8. The first-order valence-corrected chi connectivity index (χ1v) is 6.95. The van der Waals surface area contributed by atoms with Gasteiger partial charge in [-0.3, -0.25) is 9.59 Å². The summed E-state index contributed by atoms with van der Waals surface area (Å²) in [5, 5.41) is 8.19. The molecule has 0 aliphatic rings. The number of hydrogen-bond acceptors (Lipinski definition) is 5. The second kappa shape index (κ2) is 7.83. The van der Waals surface area contributed by atoms with Gasteiger partial charge in [-0.15, -0.1) is 5.11 Å². The highest BCUT2D eigenvalue weighted by atomic mass is 16.5. The smallest absolute Gasteiger partial charge is 0.313 e. The van der Waals surface area contributed by atoms with E-state index in [2.05, 4.69) is 10.2 Å². The number of ether oxygens (including phenoxy) is 1. The molecule has 0 atom stereocenters. The standard InChI is InChI=1S/C17H16N2O3/c1-2-22-17(21)12-16(20)14-10-6-7-11-15(14)19-18-13-8-4-3-5-9-13/h3-11H,2,12H2,1H3/b19-18+. The molecule has 0 unspecified atom stereocenters. The average Bonchev–Trinajstić information content (AvgIpc) is 2.54. The molecule has 0 bridgehead atoms. The molecule has 0 saturated carbocycles. The highest BCUT2D eigenvalue weighted by molar-refractivity contribution is 6.08. The van der Waals surface area contributed by atoms with E-state index in [1.165, 1.54) is 0 Å². The van der Waals surface area contributed by atoms with Crippen molar-refractivity contribution < 1.29 is 14.3 Å². The van der Waals surface area contributed by atoms with Crippen LogP contribution in [0.1, 0.15) is 23.7 Å². The number of benzene rings is 2. The predicted octanol–water partition coefficient (Wildman–Crippen LogP) is 4.24. The average molecular weight is 296 g/mol. The van der Waals surface area contributed by atoms with E-state index in [0.29, 0.717) is 16.9 Å². The third-order valence-electron chi connectivity index (χ3n) is 2.84.